The number of benzene rings is 8. The number of nitrogens with one attached hydrogen (secondary N) is 1. The van der Waals surface area contributed by atoms with Gasteiger partial charge in [-0.2, -0.15) is 0 Å². The van der Waals surface area contributed by atoms with Gasteiger partial charge in [0.1, 0.15) is 34.7 Å². The summed E-state index contributed by atoms with van der Waals surface area (Å²) in [6.07, 6.45) is 5.08. The monoisotopic (exact) mass is 771 g/mol. The van der Waals surface area contributed by atoms with Crippen LogP contribution in [-0.2, 0) is 0 Å². The Hall–Kier alpha value is -7.76. The fourth-order valence-electron chi connectivity index (χ4n) is 9.08. The summed E-state index contributed by atoms with van der Waals surface area (Å²) in [5, 5.41) is 8.03. The number of furan rings is 1. The Bertz CT molecular complexity index is 3270. The number of ether oxygens (including phenoxy) is 1. The summed E-state index contributed by atoms with van der Waals surface area (Å²) in [7, 11) is 0. The maximum atomic E-state index is 6.77. The molecule has 0 saturated carbocycles. The van der Waals surface area contributed by atoms with E-state index in [1.165, 1.54) is 16.7 Å². The fraction of sp³-hybridized carbons (Fsp3) is 0.0545. The maximum Gasteiger partial charge on any atom is 0.160 e. The van der Waals surface area contributed by atoms with Gasteiger partial charge in [0.15, 0.2) is 5.84 Å². The van der Waals surface area contributed by atoms with Gasteiger partial charge in [-0.05, 0) is 86.5 Å². The highest BCUT2D eigenvalue weighted by Crippen LogP contribution is 2.46. The summed E-state index contributed by atoms with van der Waals surface area (Å²) in [6.45, 7) is 0. The summed E-state index contributed by atoms with van der Waals surface area (Å²) < 4.78 is 13.1. The normalized spacial score (nSPS) is 16.9. The van der Waals surface area contributed by atoms with E-state index >= 15 is 0 Å². The van der Waals surface area contributed by atoms with Crippen molar-refractivity contribution in [2.75, 3.05) is 0 Å². The van der Waals surface area contributed by atoms with E-state index in [4.69, 9.17) is 19.1 Å². The number of rotatable bonds is 6. The van der Waals surface area contributed by atoms with Crippen molar-refractivity contribution < 1.29 is 9.15 Å². The van der Waals surface area contributed by atoms with Gasteiger partial charge in [0.25, 0.3) is 0 Å². The molecule has 0 saturated heterocycles. The van der Waals surface area contributed by atoms with Gasteiger partial charge in [0.2, 0.25) is 0 Å². The lowest BCUT2D eigenvalue weighted by Gasteiger charge is -2.24. The third kappa shape index (κ3) is 5.85. The van der Waals surface area contributed by atoms with Crippen LogP contribution in [0.5, 0.6) is 5.75 Å². The minimum absolute atomic E-state index is 0.284. The highest BCUT2D eigenvalue weighted by molar-refractivity contribution is 6.27. The zero-order valence-corrected chi connectivity index (χ0v) is 32.5. The van der Waals surface area contributed by atoms with Gasteiger partial charge >= 0.3 is 0 Å². The molecular weight excluding hydrogens is 735 g/mol. The van der Waals surface area contributed by atoms with Gasteiger partial charge in [0.05, 0.1) is 0 Å². The Morgan fingerprint density at radius 3 is 2.07 bits per heavy atom. The molecule has 2 atom stereocenters. The van der Waals surface area contributed by atoms with Crippen molar-refractivity contribution in [1.29, 1.82) is 0 Å². The molecule has 8 aromatic carbocycles. The number of hydrogen-bond donors (Lipinski definition) is 1. The van der Waals surface area contributed by atoms with Gasteiger partial charge < -0.3 is 14.5 Å². The van der Waals surface area contributed by atoms with Crippen LogP contribution in [-0.4, -0.2) is 11.7 Å². The van der Waals surface area contributed by atoms with Crippen molar-refractivity contribution in [3.63, 3.8) is 0 Å². The molecule has 284 valence electrons. The van der Waals surface area contributed by atoms with Crippen LogP contribution in [0.2, 0.25) is 0 Å². The molecule has 0 fully saturated rings. The largest absolute Gasteiger partial charge is 0.461 e. The van der Waals surface area contributed by atoms with Gasteiger partial charge in [-0.1, -0.05) is 164 Å². The smallest absolute Gasteiger partial charge is 0.160 e. The van der Waals surface area contributed by atoms with Crippen LogP contribution in [0.25, 0.3) is 60.5 Å². The first kappa shape index (κ1) is 34.3. The number of aliphatic imine (C=N–C) groups is 2. The van der Waals surface area contributed by atoms with E-state index < -0.39 is 0 Å². The Morgan fingerprint density at radius 1 is 0.550 bits per heavy atom. The summed E-state index contributed by atoms with van der Waals surface area (Å²) >= 11 is 0. The lowest BCUT2D eigenvalue weighted by atomic mass is 9.87. The van der Waals surface area contributed by atoms with E-state index in [1.54, 1.807) is 0 Å². The number of nitrogens with zero attached hydrogens (tertiary/aromatic N) is 2. The first-order valence-electron chi connectivity index (χ1n) is 20.5. The predicted molar refractivity (Wildman–Crippen MR) is 244 cm³/mol. The Morgan fingerprint density at radius 2 is 1.23 bits per heavy atom. The number of para-hydroxylation sites is 1. The first-order valence-corrected chi connectivity index (χ1v) is 20.5. The molecule has 0 amide bonds. The molecule has 9 aromatic rings. The molecule has 5 heteroatoms. The van der Waals surface area contributed by atoms with E-state index in [0.29, 0.717) is 5.84 Å². The number of amidine groups is 2. The van der Waals surface area contributed by atoms with Crippen molar-refractivity contribution in [3.05, 3.63) is 228 Å². The topological polar surface area (TPSA) is 59.1 Å². The van der Waals surface area contributed by atoms with Crippen LogP contribution in [0, 0.1) is 0 Å². The van der Waals surface area contributed by atoms with E-state index in [0.717, 1.165) is 95.4 Å². The van der Waals surface area contributed by atoms with Gasteiger partial charge in [-0.15, -0.1) is 0 Å². The standard InChI is InChI=1S/C55H37N3O2/c1-3-11-34(12-4-1)35-23-25-40(26-24-35)54-56-53(39-14-5-2-6-15-39)57-55(58-54)46-31-42(33-50-52(46)51-43-16-8-7-13-38(43)28-30-48(51)60-50)37-21-19-36(20-22-37)41-27-29-45-44-17-9-10-18-47(44)59-49(45)32-41/h1-28,30-33,45,54H,29H2,(H,56,57,58). The van der Waals surface area contributed by atoms with E-state index in [-0.39, 0.29) is 12.1 Å². The Labute approximate surface area is 347 Å². The van der Waals surface area contributed by atoms with Crippen molar-refractivity contribution in [2.24, 2.45) is 9.98 Å². The minimum atomic E-state index is -0.375. The van der Waals surface area contributed by atoms with Gasteiger partial charge in [0, 0.05) is 33.4 Å². The van der Waals surface area contributed by atoms with Crippen LogP contribution in [0.15, 0.2) is 214 Å². The highest BCUT2D eigenvalue weighted by atomic mass is 16.5. The average Bonchev–Trinajstić information content (AvgIpc) is 3.90. The SMILES string of the molecule is C1=C(c2ccc(-c3cc(C4=NC(c5ccc(-c6ccccc6)cc5)NC(c5ccccc5)=N4)c4c(c3)oc3ccc5ccccc5c34)cc2)C=C2Oc3ccccc3C2C1. The second kappa shape index (κ2) is 14.0. The maximum absolute atomic E-state index is 6.77. The first-order chi connectivity index (χ1) is 29.7. The second-order valence-corrected chi connectivity index (χ2v) is 15.7. The van der Waals surface area contributed by atoms with E-state index in [1.807, 2.05) is 30.3 Å². The van der Waals surface area contributed by atoms with Crippen LogP contribution in [0.1, 0.15) is 46.3 Å². The van der Waals surface area contributed by atoms with Crippen LogP contribution in [0.4, 0.5) is 0 Å². The molecule has 1 aromatic heterocycles. The van der Waals surface area contributed by atoms with E-state index in [2.05, 4.69) is 169 Å². The van der Waals surface area contributed by atoms with Crippen molar-refractivity contribution >= 4 is 50.0 Å². The van der Waals surface area contributed by atoms with Crippen LogP contribution < -0.4 is 10.1 Å². The van der Waals surface area contributed by atoms with Gasteiger partial charge in [-0.3, -0.25) is 0 Å². The minimum Gasteiger partial charge on any atom is -0.461 e. The molecule has 3 heterocycles. The van der Waals surface area contributed by atoms with Gasteiger partial charge in [-0.25, -0.2) is 9.98 Å². The molecule has 1 aliphatic carbocycles. The van der Waals surface area contributed by atoms with Crippen LogP contribution in [0.3, 0.4) is 0 Å². The molecule has 0 spiro atoms. The number of allylic oxidation sites excluding steroid dienone is 4. The summed E-state index contributed by atoms with van der Waals surface area (Å²) in [6, 6.07) is 63.8. The van der Waals surface area contributed by atoms with Crippen molar-refractivity contribution in [3.8, 4) is 28.0 Å². The second-order valence-electron chi connectivity index (χ2n) is 15.7. The van der Waals surface area contributed by atoms with Crippen LogP contribution >= 0.6 is 0 Å². The zero-order valence-electron chi connectivity index (χ0n) is 32.5. The Balaban J connectivity index is 0.996. The van der Waals surface area contributed by atoms with Crippen molar-refractivity contribution in [2.45, 2.75) is 18.5 Å². The molecule has 0 bridgehead atoms. The zero-order chi connectivity index (χ0) is 39.6. The summed E-state index contributed by atoms with van der Waals surface area (Å²) in [4.78, 5) is 10.7. The number of hydrogen-bond acceptors (Lipinski definition) is 5. The third-order valence-electron chi connectivity index (χ3n) is 12.1. The average molecular weight is 772 g/mol. The molecule has 1 N–H and O–H groups in total. The summed E-state index contributed by atoms with van der Waals surface area (Å²) in [5.74, 6) is 3.69. The van der Waals surface area contributed by atoms with E-state index in [9.17, 15) is 0 Å². The molecule has 3 aliphatic rings. The summed E-state index contributed by atoms with van der Waals surface area (Å²) in [5.41, 5.74) is 12.6. The lowest BCUT2D eigenvalue weighted by molar-refractivity contribution is 0.426. The molecule has 60 heavy (non-hydrogen) atoms. The van der Waals surface area contributed by atoms with Crippen molar-refractivity contribution in [1.82, 2.24) is 5.32 Å². The molecule has 2 unspecified atom stereocenters. The third-order valence-corrected chi connectivity index (χ3v) is 12.1. The fourth-order valence-corrected chi connectivity index (χ4v) is 9.08. The quantitative estimate of drug-likeness (QED) is 0.183. The molecule has 0 radical (unpaired) electrons. The number of fused-ring (bicyclic) bond motifs is 8. The highest BCUT2D eigenvalue weighted by Gasteiger charge is 2.31. The lowest BCUT2D eigenvalue weighted by Crippen LogP contribution is -2.33. The molecule has 2 aliphatic heterocycles. The Kier molecular flexibility index (Phi) is 7.98. The molecule has 12 rings (SSSR count). The predicted octanol–water partition coefficient (Wildman–Crippen LogP) is 13.4. The molecular formula is C55H37N3O2. The molecule has 5 nitrogen and oxygen atoms in total.